The first-order valence-corrected chi connectivity index (χ1v) is 3.78. The standard InChI is InChI=1S/C7H7BrFNO/c8-5-1-4(3-11)7(9)6(10)2-5/h1-2,11H,3,10H2. The van der Waals surface area contributed by atoms with Gasteiger partial charge < -0.3 is 10.8 Å². The molecule has 3 N–H and O–H groups in total. The fourth-order valence-electron chi connectivity index (χ4n) is 0.784. The number of aliphatic hydroxyl groups is 1. The highest BCUT2D eigenvalue weighted by Gasteiger charge is 2.05. The van der Waals surface area contributed by atoms with Gasteiger partial charge in [-0.15, -0.1) is 0 Å². The highest BCUT2D eigenvalue weighted by atomic mass is 79.9. The van der Waals surface area contributed by atoms with E-state index in [2.05, 4.69) is 15.9 Å². The lowest BCUT2D eigenvalue weighted by atomic mass is 10.2. The van der Waals surface area contributed by atoms with E-state index < -0.39 is 5.82 Å². The van der Waals surface area contributed by atoms with E-state index in [9.17, 15) is 4.39 Å². The summed E-state index contributed by atoms with van der Waals surface area (Å²) >= 11 is 3.13. The summed E-state index contributed by atoms with van der Waals surface area (Å²) in [6, 6.07) is 2.94. The Bertz CT molecular complexity index is 277. The van der Waals surface area contributed by atoms with Crippen LogP contribution < -0.4 is 5.73 Å². The lowest BCUT2D eigenvalue weighted by Crippen LogP contribution is -1.96. The van der Waals surface area contributed by atoms with Crippen molar-refractivity contribution in [1.29, 1.82) is 0 Å². The Morgan fingerprint density at radius 2 is 2.18 bits per heavy atom. The van der Waals surface area contributed by atoms with Crippen LogP contribution in [0.1, 0.15) is 5.56 Å². The van der Waals surface area contributed by atoms with Gasteiger partial charge in [0.2, 0.25) is 0 Å². The van der Waals surface area contributed by atoms with Crippen LogP contribution in [0.15, 0.2) is 16.6 Å². The molecule has 0 saturated heterocycles. The Morgan fingerprint density at radius 1 is 1.55 bits per heavy atom. The molecule has 0 aliphatic heterocycles. The van der Waals surface area contributed by atoms with Crippen molar-refractivity contribution in [1.82, 2.24) is 0 Å². The third-order valence-electron chi connectivity index (χ3n) is 1.31. The van der Waals surface area contributed by atoms with Gasteiger partial charge >= 0.3 is 0 Å². The Kier molecular flexibility index (Phi) is 2.46. The lowest BCUT2D eigenvalue weighted by molar-refractivity contribution is 0.276. The van der Waals surface area contributed by atoms with E-state index in [1.807, 2.05) is 0 Å². The van der Waals surface area contributed by atoms with E-state index in [-0.39, 0.29) is 17.9 Å². The van der Waals surface area contributed by atoms with Crippen molar-refractivity contribution in [3.8, 4) is 0 Å². The number of benzene rings is 1. The lowest BCUT2D eigenvalue weighted by Gasteiger charge is -2.02. The van der Waals surface area contributed by atoms with Crippen LogP contribution in [0.4, 0.5) is 10.1 Å². The summed E-state index contributed by atoms with van der Waals surface area (Å²) in [5.74, 6) is -0.546. The van der Waals surface area contributed by atoms with E-state index >= 15 is 0 Å². The van der Waals surface area contributed by atoms with Crippen LogP contribution in [0.2, 0.25) is 0 Å². The maximum atomic E-state index is 12.9. The quantitative estimate of drug-likeness (QED) is 0.707. The average molecular weight is 220 g/mol. The van der Waals surface area contributed by atoms with Crippen molar-refractivity contribution in [2.24, 2.45) is 0 Å². The molecule has 0 amide bonds. The molecule has 1 rings (SSSR count). The number of nitrogens with two attached hydrogens (primary N) is 1. The Morgan fingerprint density at radius 3 is 2.73 bits per heavy atom. The molecule has 2 nitrogen and oxygen atoms in total. The number of hydrogen-bond donors (Lipinski definition) is 2. The SMILES string of the molecule is Nc1cc(Br)cc(CO)c1F. The first-order chi connectivity index (χ1) is 5.15. The summed E-state index contributed by atoms with van der Waals surface area (Å²) in [6.07, 6.45) is 0. The molecule has 0 fully saturated rings. The van der Waals surface area contributed by atoms with Gasteiger partial charge in [0.05, 0.1) is 12.3 Å². The summed E-state index contributed by atoms with van der Waals surface area (Å²) in [5, 5.41) is 8.65. The summed E-state index contributed by atoms with van der Waals surface area (Å²) in [7, 11) is 0. The van der Waals surface area contributed by atoms with Crippen molar-refractivity contribution >= 4 is 21.6 Å². The molecule has 1 aromatic carbocycles. The Hall–Kier alpha value is -0.610. The predicted molar refractivity (Wildman–Crippen MR) is 44.4 cm³/mol. The van der Waals surface area contributed by atoms with Gasteiger partial charge in [0.25, 0.3) is 0 Å². The number of rotatable bonds is 1. The van der Waals surface area contributed by atoms with Crippen molar-refractivity contribution in [3.05, 3.63) is 28.0 Å². The number of aliphatic hydroxyl groups excluding tert-OH is 1. The van der Waals surface area contributed by atoms with E-state index in [1.165, 1.54) is 12.1 Å². The first kappa shape index (κ1) is 8.49. The molecular formula is C7H7BrFNO. The van der Waals surface area contributed by atoms with Gasteiger partial charge in [0.1, 0.15) is 0 Å². The second kappa shape index (κ2) is 3.19. The summed E-state index contributed by atoms with van der Waals surface area (Å²) in [4.78, 5) is 0. The van der Waals surface area contributed by atoms with Crippen molar-refractivity contribution in [2.45, 2.75) is 6.61 Å². The molecular weight excluding hydrogens is 213 g/mol. The highest BCUT2D eigenvalue weighted by Crippen LogP contribution is 2.21. The zero-order valence-electron chi connectivity index (χ0n) is 5.64. The van der Waals surface area contributed by atoms with Crippen molar-refractivity contribution in [3.63, 3.8) is 0 Å². The molecule has 60 valence electrons. The van der Waals surface area contributed by atoms with Crippen LogP contribution in [0.3, 0.4) is 0 Å². The smallest absolute Gasteiger partial charge is 0.151 e. The molecule has 0 atom stereocenters. The van der Waals surface area contributed by atoms with Gasteiger partial charge in [-0.25, -0.2) is 4.39 Å². The molecule has 0 aromatic heterocycles. The minimum atomic E-state index is -0.546. The van der Waals surface area contributed by atoms with Gasteiger partial charge in [0.15, 0.2) is 5.82 Å². The van der Waals surface area contributed by atoms with Crippen LogP contribution in [0.5, 0.6) is 0 Å². The van der Waals surface area contributed by atoms with Crippen molar-refractivity contribution in [2.75, 3.05) is 5.73 Å². The summed E-state index contributed by atoms with van der Waals surface area (Å²) in [5.41, 5.74) is 5.53. The number of halogens is 2. The molecule has 0 heterocycles. The normalized spacial score (nSPS) is 10.1. The molecule has 4 heteroatoms. The molecule has 0 unspecified atom stereocenters. The van der Waals surface area contributed by atoms with Crippen LogP contribution in [-0.4, -0.2) is 5.11 Å². The van der Waals surface area contributed by atoms with Gasteiger partial charge in [-0.3, -0.25) is 0 Å². The van der Waals surface area contributed by atoms with Crippen molar-refractivity contribution < 1.29 is 9.50 Å². The summed E-state index contributed by atoms with van der Waals surface area (Å²) < 4.78 is 13.5. The van der Waals surface area contributed by atoms with E-state index in [1.54, 1.807) is 0 Å². The monoisotopic (exact) mass is 219 g/mol. The van der Waals surface area contributed by atoms with Crippen LogP contribution >= 0.6 is 15.9 Å². The van der Waals surface area contributed by atoms with E-state index in [0.29, 0.717) is 4.47 Å². The van der Waals surface area contributed by atoms with Gasteiger partial charge in [-0.2, -0.15) is 0 Å². The van der Waals surface area contributed by atoms with Gasteiger partial charge in [0, 0.05) is 10.0 Å². The fourth-order valence-corrected chi connectivity index (χ4v) is 1.31. The summed E-state index contributed by atoms with van der Waals surface area (Å²) in [6.45, 7) is -0.338. The molecule has 0 radical (unpaired) electrons. The molecule has 11 heavy (non-hydrogen) atoms. The Balaban J connectivity index is 3.24. The van der Waals surface area contributed by atoms with Crippen LogP contribution in [0.25, 0.3) is 0 Å². The van der Waals surface area contributed by atoms with Crippen LogP contribution in [0, 0.1) is 5.82 Å². The van der Waals surface area contributed by atoms with Gasteiger partial charge in [-0.05, 0) is 12.1 Å². The predicted octanol–water partition coefficient (Wildman–Crippen LogP) is 1.66. The molecule has 0 aliphatic rings. The van der Waals surface area contributed by atoms with E-state index in [4.69, 9.17) is 10.8 Å². The maximum Gasteiger partial charge on any atom is 0.151 e. The van der Waals surface area contributed by atoms with E-state index in [0.717, 1.165) is 0 Å². The van der Waals surface area contributed by atoms with Gasteiger partial charge in [-0.1, -0.05) is 15.9 Å². The first-order valence-electron chi connectivity index (χ1n) is 2.99. The minimum Gasteiger partial charge on any atom is -0.396 e. The molecule has 0 saturated carbocycles. The zero-order valence-corrected chi connectivity index (χ0v) is 7.23. The van der Waals surface area contributed by atoms with Crippen LogP contribution in [-0.2, 0) is 6.61 Å². The highest BCUT2D eigenvalue weighted by molar-refractivity contribution is 9.10. The number of hydrogen-bond acceptors (Lipinski definition) is 2. The molecule has 1 aromatic rings. The molecule has 0 aliphatic carbocycles. The second-order valence-corrected chi connectivity index (χ2v) is 3.04. The molecule has 0 bridgehead atoms. The number of anilines is 1. The number of nitrogen functional groups attached to an aromatic ring is 1. The second-order valence-electron chi connectivity index (χ2n) is 2.13. The maximum absolute atomic E-state index is 12.9. The molecule has 0 spiro atoms. The Labute approximate surface area is 72.0 Å². The third kappa shape index (κ3) is 1.70. The topological polar surface area (TPSA) is 46.2 Å². The largest absolute Gasteiger partial charge is 0.396 e. The zero-order chi connectivity index (χ0) is 8.43. The average Bonchev–Trinajstić information content (AvgIpc) is 1.96. The fraction of sp³-hybridized carbons (Fsp3) is 0.143. The minimum absolute atomic E-state index is 0.0448. The third-order valence-corrected chi connectivity index (χ3v) is 1.77.